The van der Waals surface area contributed by atoms with Crippen LogP contribution < -0.4 is 4.90 Å². The minimum atomic E-state index is 1.24. The maximum atomic E-state index is 2.56. The Bertz CT molecular complexity index is 306. The third-order valence-electron chi connectivity index (χ3n) is 3.24. The molecule has 0 saturated heterocycles. The average Bonchev–Trinajstić information content (AvgIpc) is 2.42. The van der Waals surface area contributed by atoms with Gasteiger partial charge >= 0.3 is 0 Å². The average molecular weight is 233 g/mol. The van der Waals surface area contributed by atoms with E-state index < -0.39 is 0 Å². The van der Waals surface area contributed by atoms with E-state index in [0.717, 1.165) is 0 Å². The van der Waals surface area contributed by atoms with Gasteiger partial charge in [0, 0.05) is 18.8 Å². The van der Waals surface area contributed by atoms with E-state index in [0.29, 0.717) is 0 Å². The fourth-order valence-electron chi connectivity index (χ4n) is 2.40. The van der Waals surface area contributed by atoms with Crippen LogP contribution in [0.1, 0.15) is 52.0 Å². The number of anilines is 1. The van der Waals surface area contributed by atoms with Gasteiger partial charge in [0.25, 0.3) is 0 Å². The van der Waals surface area contributed by atoms with E-state index in [-0.39, 0.29) is 0 Å². The van der Waals surface area contributed by atoms with Gasteiger partial charge < -0.3 is 4.90 Å². The first-order chi connectivity index (χ1) is 8.42. The second-order valence-corrected chi connectivity index (χ2v) is 4.43. The molecule has 0 N–H and O–H groups in total. The lowest BCUT2D eigenvalue weighted by Gasteiger charge is -2.31. The highest BCUT2D eigenvalue weighted by molar-refractivity contribution is 5.55. The summed E-state index contributed by atoms with van der Waals surface area (Å²) >= 11 is 0. The van der Waals surface area contributed by atoms with Gasteiger partial charge in [-0.3, -0.25) is 0 Å². The lowest BCUT2D eigenvalue weighted by molar-refractivity contribution is 0.638. The minimum absolute atomic E-state index is 1.24. The second-order valence-electron chi connectivity index (χ2n) is 4.43. The van der Waals surface area contributed by atoms with Crippen molar-refractivity contribution in [1.82, 2.24) is 0 Å². The van der Waals surface area contributed by atoms with E-state index in [9.17, 15) is 0 Å². The monoisotopic (exact) mass is 233 g/mol. The van der Waals surface area contributed by atoms with Crippen molar-refractivity contribution in [2.75, 3.05) is 18.0 Å². The van der Waals surface area contributed by atoms with Crippen LogP contribution in [0.5, 0.6) is 0 Å². The Labute approximate surface area is 107 Å². The van der Waals surface area contributed by atoms with Crippen molar-refractivity contribution in [3.8, 4) is 0 Å². The summed E-state index contributed by atoms with van der Waals surface area (Å²) in [6, 6.07) is 8.88. The van der Waals surface area contributed by atoms with E-state index >= 15 is 0 Å². The van der Waals surface area contributed by atoms with E-state index in [1.807, 2.05) is 13.8 Å². The highest BCUT2D eigenvalue weighted by Crippen LogP contribution is 2.26. The Morgan fingerprint density at radius 3 is 2.65 bits per heavy atom. The first kappa shape index (κ1) is 14.1. The molecule has 0 fully saturated rings. The van der Waals surface area contributed by atoms with Crippen LogP contribution in [0.2, 0.25) is 0 Å². The topological polar surface area (TPSA) is 3.24 Å². The van der Waals surface area contributed by atoms with Gasteiger partial charge in [-0.15, -0.1) is 0 Å². The number of hydrogen-bond acceptors (Lipinski definition) is 1. The van der Waals surface area contributed by atoms with Gasteiger partial charge in [-0.2, -0.15) is 0 Å². The molecule has 1 heteroatoms. The van der Waals surface area contributed by atoms with E-state index in [1.54, 1.807) is 5.56 Å². The quantitative estimate of drug-likeness (QED) is 0.684. The van der Waals surface area contributed by atoms with Crippen LogP contribution in [0.15, 0.2) is 24.3 Å². The predicted molar refractivity (Wildman–Crippen MR) is 77.8 cm³/mol. The van der Waals surface area contributed by atoms with Crippen LogP contribution in [0.3, 0.4) is 0 Å². The van der Waals surface area contributed by atoms with Gasteiger partial charge in [0.1, 0.15) is 0 Å². The molecule has 1 nitrogen and oxygen atoms in total. The van der Waals surface area contributed by atoms with Gasteiger partial charge in [-0.25, -0.2) is 0 Å². The zero-order chi connectivity index (χ0) is 12.5. The molecule has 0 aliphatic carbocycles. The maximum Gasteiger partial charge on any atom is 0.0398 e. The molecule has 0 atom stereocenters. The Morgan fingerprint density at radius 1 is 1.12 bits per heavy atom. The Kier molecular flexibility index (Phi) is 6.76. The molecule has 17 heavy (non-hydrogen) atoms. The summed E-state index contributed by atoms with van der Waals surface area (Å²) in [6.07, 6.45) is 6.60. The van der Waals surface area contributed by atoms with Crippen molar-refractivity contribution in [3.05, 3.63) is 29.8 Å². The molecule has 1 aliphatic heterocycles. The molecule has 0 amide bonds. The standard InChI is InChI=1S/C14H21N.C2H6/c1-2-3-6-11-15-12-7-9-13-8-4-5-10-14(13)15;1-2/h4-5,8,10H,2-3,6-7,9,11-12H2,1H3;1-2H3. The molecular weight excluding hydrogens is 206 g/mol. The number of nitrogens with zero attached hydrogens (tertiary/aromatic N) is 1. The van der Waals surface area contributed by atoms with Crippen molar-refractivity contribution in [3.63, 3.8) is 0 Å². The summed E-state index contributed by atoms with van der Waals surface area (Å²) in [6.45, 7) is 8.76. The number of rotatable bonds is 4. The molecule has 0 spiro atoms. The van der Waals surface area contributed by atoms with Crippen LogP contribution in [0.25, 0.3) is 0 Å². The molecular formula is C16H27N. The molecule has 1 aromatic carbocycles. The Balaban J connectivity index is 0.000000686. The smallest absolute Gasteiger partial charge is 0.0398 e. The zero-order valence-electron chi connectivity index (χ0n) is 11.7. The molecule has 1 aromatic rings. The number of unbranched alkanes of at least 4 members (excludes halogenated alkanes) is 2. The number of aryl methyl sites for hydroxylation is 1. The van der Waals surface area contributed by atoms with Crippen LogP contribution in [0.4, 0.5) is 5.69 Å². The highest BCUT2D eigenvalue weighted by Gasteiger charge is 2.14. The van der Waals surface area contributed by atoms with E-state index in [1.165, 1.54) is 50.9 Å². The van der Waals surface area contributed by atoms with Gasteiger partial charge in [0.05, 0.1) is 0 Å². The number of benzene rings is 1. The highest BCUT2D eigenvalue weighted by atomic mass is 15.1. The first-order valence-corrected chi connectivity index (χ1v) is 7.24. The molecule has 1 aliphatic rings. The van der Waals surface area contributed by atoms with Crippen LogP contribution >= 0.6 is 0 Å². The number of fused-ring (bicyclic) bond motifs is 1. The maximum absolute atomic E-state index is 2.56. The third-order valence-corrected chi connectivity index (χ3v) is 3.24. The van der Waals surface area contributed by atoms with Gasteiger partial charge in [-0.05, 0) is 30.9 Å². The number of hydrogen-bond donors (Lipinski definition) is 0. The Morgan fingerprint density at radius 2 is 1.88 bits per heavy atom. The van der Waals surface area contributed by atoms with Gasteiger partial charge in [0.15, 0.2) is 0 Å². The van der Waals surface area contributed by atoms with Crippen molar-refractivity contribution >= 4 is 5.69 Å². The summed E-state index contributed by atoms with van der Waals surface area (Å²) < 4.78 is 0. The molecule has 0 radical (unpaired) electrons. The number of para-hydroxylation sites is 1. The SMILES string of the molecule is CC.CCCCCN1CCCc2ccccc21. The summed E-state index contributed by atoms with van der Waals surface area (Å²) in [4.78, 5) is 2.56. The van der Waals surface area contributed by atoms with Crippen LogP contribution in [0, 0.1) is 0 Å². The molecule has 0 bridgehead atoms. The fraction of sp³-hybridized carbons (Fsp3) is 0.625. The largest absolute Gasteiger partial charge is 0.371 e. The van der Waals surface area contributed by atoms with E-state index in [4.69, 9.17) is 0 Å². The molecule has 0 saturated carbocycles. The molecule has 0 unspecified atom stereocenters. The summed E-state index contributed by atoms with van der Waals surface area (Å²) in [5.41, 5.74) is 3.03. The predicted octanol–water partition coefficient (Wildman–Crippen LogP) is 4.66. The molecule has 96 valence electrons. The fourth-order valence-corrected chi connectivity index (χ4v) is 2.40. The van der Waals surface area contributed by atoms with E-state index in [2.05, 4.69) is 36.1 Å². The molecule has 2 rings (SSSR count). The zero-order valence-corrected chi connectivity index (χ0v) is 11.7. The van der Waals surface area contributed by atoms with Gasteiger partial charge in [0.2, 0.25) is 0 Å². The van der Waals surface area contributed by atoms with Crippen LogP contribution in [-0.4, -0.2) is 13.1 Å². The van der Waals surface area contributed by atoms with Crippen molar-refractivity contribution in [2.45, 2.75) is 52.9 Å². The Hall–Kier alpha value is -0.980. The first-order valence-electron chi connectivity index (χ1n) is 7.24. The molecule has 1 heterocycles. The normalized spacial score (nSPS) is 13.7. The third kappa shape index (κ3) is 4.07. The van der Waals surface area contributed by atoms with Crippen molar-refractivity contribution in [2.24, 2.45) is 0 Å². The summed E-state index contributed by atoms with van der Waals surface area (Å²) in [7, 11) is 0. The summed E-state index contributed by atoms with van der Waals surface area (Å²) in [5.74, 6) is 0. The van der Waals surface area contributed by atoms with Gasteiger partial charge in [-0.1, -0.05) is 51.8 Å². The summed E-state index contributed by atoms with van der Waals surface area (Å²) in [5, 5.41) is 0. The minimum Gasteiger partial charge on any atom is -0.371 e. The lowest BCUT2D eigenvalue weighted by atomic mass is 10.0. The second kappa shape index (κ2) is 8.16. The molecule has 0 aromatic heterocycles. The van der Waals surface area contributed by atoms with Crippen molar-refractivity contribution < 1.29 is 0 Å². The van der Waals surface area contributed by atoms with Crippen LogP contribution in [-0.2, 0) is 6.42 Å². The van der Waals surface area contributed by atoms with Crippen molar-refractivity contribution in [1.29, 1.82) is 0 Å². The lowest BCUT2D eigenvalue weighted by Crippen LogP contribution is -2.30.